The Bertz CT molecular complexity index is 606. The molecule has 2 aromatic rings. The molecule has 1 N–H and O–H groups in total. The van der Waals surface area contributed by atoms with Crippen LogP contribution in [0, 0.1) is 5.82 Å². The smallest absolute Gasteiger partial charge is 0.130 e. The topological polar surface area (TPSA) is 47.3 Å². The van der Waals surface area contributed by atoms with Gasteiger partial charge in [-0.25, -0.2) is 9.37 Å². The molecule has 4 nitrogen and oxygen atoms in total. The Kier molecular flexibility index (Phi) is 3.44. The Hall–Kier alpha value is -1.88. The van der Waals surface area contributed by atoms with Crippen molar-refractivity contribution in [3.8, 4) is 5.75 Å². The van der Waals surface area contributed by atoms with Gasteiger partial charge in [0, 0.05) is 11.6 Å². The summed E-state index contributed by atoms with van der Waals surface area (Å²) in [6.07, 6.45) is 5.19. The van der Waals surface area contributed by atoms with Crippen molar-refractivity contribution in [2.45, 2.75) is 38.5 Å². The SMILES string of the molecule is C[C@@H](O)c1cc(F)ccc1OCc1cncn1C1CC1. The highest BCUT2D eigenvalue weighted by molar-refractivity contribution is 5.35. The summed E-state index contributed by atoms with van der Waals surface area (Å²) in [5.41, 5.74) is 1.45. The Morgan fingerprint density at radius 1 is 1.50 bits per heavy atom. The number of imidazole rings is 1. The minimum Gasteiger partial charge on any atom is -0.487 e. The Morgan fingerprint density at radius 2 is 2.30 bits per heavy atom. The fourth-order valence-electron chi connectivity index (χ4n) is 2.25. The predicted octanol–water partition coefficient (Wildman–Crippen LogP) is 2.99. The van der Waals surface area contributed by atoms with Crippen molar-refractivity contribution >= 4 is 0 Å². The molecule has 0 spiro atoms. The van der Waals surface area contributed by atoms with Crippen LogP contribution in [0.1, 0.15) is 43.2 Å². The molecule has 1 atom stereocenters. The number of benzene rings is 1. The molecule has 1 aromatic carbocycles. The fraction of sp³-hybridized carbons (Fsp3) is 0.400. The molecule has 1 fully saturated rings. The lowest BCUT2D eigenvalue weighted by Crippen LogP contribution is -2.06. The van der Waals surface area contributed by atoms with Crippen LogP contribution in [-0.4, -0.2) is 14.7 Å². The molecule has 5 heteroatoms. The molecule has 0 amide bonds. The summed E-state index contributed by atoms with van der Waals surface area (Å²) in [6, 6.07) is 4.73. The summed E-state index contributed by atoms with van der Waals surface area (Å²) in [6.45, 7) is 1.96. The summed E-state index contributed by atoms with van der Waals surface area (Å²) >= 11 is 0. The standard InChI is InChI=1S/C15H17FN2O2/c1-10(19)14-6-11(16)2-5-15(14)20-8-13-7-17-9-18(13)12-3-4-12/h2,5-7,9-10,12,19H,3-4,8H2,1H3/t10-/m1/s1. The number of nitrogens with zero attached hydrogens (tertiary/aromatic N) is 2. The maximum absolute atomic E-state index is 13.2. The van der Waals surface area contributed by atoms with Crippen LogP contribution in [0.5, 0.6) is 5.75 Å². The zero-order chi connectivity index (χ0) is 14.1. The number of aromatic nitrogens is 2. The van der Waals surface area contributed by atoms with E-state index in [-0.39, 0.29) is 5.82 Å². The molecule has 0 saturated heterocycles. The third-order valence-corrected chi connectivity index (χ3v) is 3.48. The number of halogens is 1. The van der Waals surface area contributed by atoms with Crippen LogP contribution < -0.4 is 4.74 Å². The van der Waals surface area contributed by atoms with Crippen LogP contribution in [0.15, 0.2) is 30.7 Å². The van der Waals surface area contributed by atoms with Gasteiger partial charge in [0.2, 0.25) is 0 Å². The highest BCUT2D eigenvalue weighted by atomic mass is 19.1. The summed E-state index contributed by atoms with van der Waals surface area (Å²) in [7, 11) is 0. The number of rotatable bonds is 5. The first kappa shape index (κ1) is 13.1. The molecule has 0 radical (unpaired) electrons. The van der Waals surface area contributed by atoms with Gasteiger partial charge < -0.3 is 14.4 Å². The van der Waals surface area contributed by atoms with Crippen LogP contribution in [0.25, 0.3) is 0 Å². The van der Waals surface area contributed by atoms with Gasteiger partial charge in [-0.1, -0.05) is 0 Å². The Balaban J connectivity index is 1.76. The first-order valence-corrected chi connectivity index (χ1v) is 6.76. The van der Waals surface area contributed by atoms with Gasteiger partial charge in [0.25, 0.3) is 0 Å². The minimum atomic E-state index is -0.769. The lowest BCUT2D eigenvalue weighted by molar-refractivity contribution is 0.189. The molecule has 1 heterocycles. The van der Waals surface area contributed by atoms with Crippen LogP contribution >= 0.6 is 0 Å². The highest BCUT2D eigenvalue weighted by Gasteiger charge is 2.25. The zero-order valence-electron chi connectivity index (χ0n) is 11.3. The van der Waals surface area contributed by atoms with Crippen molar-refractivity contribution in [2.24, 2.45) is 0 Å². The Labute approximate surface area is 116 Å². The van der Waals surface area contributed by atoms with Crippen molar-refractivity contribution in [3.63, 3.8) is 0 Å². The van der Waals surface area contributed by atoms with Crippen molar-refractivity contribution in [1.82, 2.24) is 9.55 Å². The molecule has 20 heavy (non-hydrogen) atoms. The number of hydrogen-bond acceptors (Lipinski definition) is 3. The van der Waals surface area contributed by atoms with E-state index in [2.05, 4.69) is 9.55 Å². The van der Waals surface area contributed by atoms with E-state index in [1.165, 1.54) is 25.0 Å². The van der Waals surface area contributed by atoms with Gasteiger partial charge in [-0.2, -0.15) is 0 Å². The first-order valence-electron chi connectivity index (χ1n) is 6.76. The van der Waals surface area contributed by atoms with E-state index in [4.69, 9.17) is 4.74 Å². The molecular weight excluding hydrogens is 259 g/mol. The second-order valence-corrected chi connectivity index (χ2v) is 5.17. The summed E-state index contributed by atoms with van der Waals surface area (Å²) in [5, 5.41) is 9.67. The monoisotopic (exact) mass is 276 g/mol. The second-order valence-electron chi connectivity index (χ2n) is 5.17. The molecule has 1 saturated carbocycles. The van der Waals surface area contributed by atoms with Gasteiger partial charge >= 0.3 is 0 Å². The normalized spacial score (nSPS) is 16.1. The molecule has 0 bridgehead atoms. The zero-order valence-corrected chi connectivity index (χ0v) is 11.3. The minimum absolute atomic E-state index is 0.363. The van der Waals surface area contributed by atoms with Crippen LogP contribution in [0.4, 0.5) is 4.39 Å². The fourth-order valence-corrected chi connectivity index (χ4v) is 2.25. The summed E-state index contributed by atoms with van der Waals surface area (Å²) in [4.78, 5) is 4.14. The molecule has 1 aliphatic rings. The van der Waals surface area contributed by atoms with Crippen LogP contribution in [0.3, 0.4) is 0 Å². The molecular formula is C15H17FN2O2. The number of aliphatic hydroxyl groups excluding tert-OH is 1. The maximum atomic E-state index is 13.2. The lowest BCUT2D eigenvalue weighted by atomic mass is 10.1. The second kappa shape index (κ2) is 5.25. The number of aliphatic hydroxyl groups is 1. The van der Waals surface area contributed by atoms with Gasteiger partial charge in [0.1, 0.15) is 18.2 Å². The molecule has 1 aromatic heterocycles. The van der Waals surface area contributed by atoms with Crippen molar-refractivity contribution in [1.29, 1.82) is 0 Å². The maximum Gasteiger partial charge on any atom is 0.130 e. The van der Waals surface area contributed by atoms with E-state index in [1.54, 1.807) is 19.2 Å². The highest BCUT2D eigenvalue weighted by Crippen LogP contribution is 2.36. The van der Waals surface area contributed by atoms with Crippen LogP contribution in [0.2, 0.25) is 0 Å². The van der Waals surface area contributed by atoms with E-state index in [0.29, 0.717) is 24.0 Å². The molecule has 106 valence electrons. The largest absolute Gasteiger partial charge is 0.487 e. The Morgan fingerprint density at radius 3 is 3.00 bits per heavy atom. The first-order chi connectivity index (χ1) is 9.65. The van der Waals surface area contributed by atoms with E-state index in [0.717, 1.165) is 5.69 Å². The summed E-state index contributed by atoms with van der Waals surface area (Å²) < 4.78 is 21.1. The van der Waals surface area contributed by atoms with Gasteiger partial charge in [0.15, 0.2) is 0 Å². The third-order valence-electron chi connectivity index (χ3n) is 3.48. The average molecular weight is 276 g/mol. The van der Waals surface area contributed by atoms with Gasteiger partial charge in [-0.3, -0.25) is 0 Å². The van der Waals surface area contributed by atoms with Gasteiger partial charge in [-0.05, 0) is 38.0 Å². The van der Waals surface area contributed by atoms with Gasteiger partial charge in [0.05, 0.1) is 24.3 Å². The van der Waals surface area contributed by atoms with Crippen molar-refractivity contribution < 1.29 is 14.2 Å². The van der Waals surface area contributed by atoms with Crippen molar-refractivity contribution in [3.05, 3.63) is 47.8 Å². The average Bonchev–Trinajstić information content (AvgIpc) is 3.16. The molecule has 0 unspecified atom stereocenters. The lowest BCUT2D eigenvalue weighted by Gasteiger charge is -2.14. The third kappa shape index (κ3) is 2.67. The quantitative estimate of drug-likeness (QED) is 0.913. The number of ether oxygens (including phenoxy) is 1. The van der Waals surface area contributed by atoms with E-state index < -0.39 is 6.10 Å². The number of hydrogen-bond donors (Lipinski definition) is 1. The van der Waals surface area contributed by atoms with E-state index in [9.17, 15) is 9.50 Å². The van der Waals surface area contributed by atoms with Gasteiger partial charge in [-0.15, -0.1) is 0 Å². The van der Waals surface area contributed by atoms with E-state index >= 15 is 0 Å². The molecule has 1 aliphatic carbocycles. The predicted molar refractivity (Wildman–Crippen MR) is 71.9 cm³/mol. The molecule has 3 rings (SSSR count). The van der Waals surface area contributed by atoms with Crippen molar-refractivity contribution in [2.75, 3.05) is 0 Å². The van der Waals surface area contributed by atoms with E-state index in [1.807, 2.05) is 6.33 Å². The van der Waals surface area contributed by atoms with Crippen LogP contribution in [-0.2, 0) is 6.61 Å². The summed E-state index contributed by atoms with van der Waals surface area (Å²) in [5.74, 6) is 0.126. The molecule has 0 aliphatic heterocycles.